The lowest BCUT2D eigenvalue weighted by atomic mass is 9.43. The van der Waals surface area contributed by atoms with Gasteiger partial charge in [-0.05, 0) is 112 Å². The minimum atomic E-state index is -0.553. The first-order valence-electron chi connectivity index (χ1n) is 13.5. The number of hydroxylamine groups is 1. The largest absolute Gasteiger partial charge is 0.393 e. The maximum Gasteiger partial charge on any atom is 0.211 e. The van der Waals surface area contributed by atoms with Crippen LogP contribution in [0.5, 0.6) is 0 Å². The lowest BCUT2D eigenvalue weighted by Gasteiger charge is -2.63. The molecular weight excluding hydrogens is 416 g/mol. The smallest absolute Gasteiger partial charge is 0.211 e. The molecule has 0 aromatic heterocycles. The lowest BCUT2D eigenvalue weighted by molar-refractivity contribution is -0.211. The molecular formula is C26H48N4O3. The van der Waals surface area contributed by atoms with Crippen molar-refractivity contribution in [3.8, 4) is 0 Å². The Morgan fingerprint density at radius 3 is 2.58 bits per heavy atom. The molecule has 6 N–H and O–H groups in total. The van der Waals surface area contributed by atoms with Crippen LogP contribution in [0.15, 0.2) is 5.10 Å². The molecule has 0 radical (unpaired) electrons. The zero-order valence-electron chi connectivity index (χ0n) is 21.1. The summed E-state index contributed by atoms with van der Waals surface area (Å²) in [5.41, 5.74) is 10.9. The summed E-state index contributed by atoms with van der Waals surface area (Å²) in [6.45, 7) is 8.18. The van der Waals surface area contributed by atoms with Gasteiger partial charge in [0.15, 0.2) is 0 Å². The van der Waals surface area contributed by atoms with Gasteiger partial charge in [-0.2, -0.15) is 5.17 Å². The van der Waals surface area contributed by atoms with E-state index in [2.05, 4.69) is 25.9 Å². The number of nitrogens with zero attached hydrogens (tertiary/aromatic N) is 2. The molecule has 0 amide bonds. The van der Waals surface area contributed by atoms with Crippen LogP contribution in [-0.2, 0) is 4.84 Å². The number of hydrogen-bond donors (Lipinski definition) is 4. The zero-order valence-corrected chi connectivity index (χ0v) is 21.1. The Morgan fingerprint density at radius 1 is 1.06 bits per heavy atom. The first kappa shape index (κ1) is 25.1. The molecule has 0 saturated heterocycles. The summed E-state index contributed by atoms with van der Waals surface area (Å²) < 4.78 is 0. The fourth-order valence-corrected chi connectivity index (χ4v) is 8.72. The van der Waals surface area contributed by atoms with Crippen molar-refractivity contribution in [1.29, 1.82) is 0 Å². The van der Waals surface area contributed by atoms with Gasteiger partial charge < -0.3 is 21.7 Å². The van der Waals surface area contributed by atoms with E-state index in [1.165, 1.54) is 12.8 Å². The molecule has 33 heavy (non-hydrogen) atoms. The predicted octanol–water partition coefficient (Wildman–Crippen LogP) is 3.73. The van der Waals surface area contributed by atoms with Gasteiger partial charge in [-0.25, -0.2) is 0 Å². The van der Waals surface area contributed by atoms with E-state index in [0.717, 1.165) is 64.2 Å². The maximum absolute atomic E-state index is 12.3. The van der Waals surface area contributed by atoms with Crippen LogP contribution in [0.4, 0.5) is 0 Å². The van der Waals surface area contributed by atoms with Crippen LogP contribution >= 0.6 is 0 Å². The number of guanidine groups is 1. The quantitative estimate of drug-likeness (QED) is 0.247. The normalized spacial score (nSPS) is 44.5. The van der Waals surface area contributed by atoms with E-state index in [0.29, 0.717) is 36.8 Å². The molecule has 4 aliphatic carbocycles. The SMILES string of the molecule is CCCON(CCC[C@H]1CC[C@]2(O)[C@@H]3CC[C@@H]4C[C@@H](O)CC[C@]4(C)[C@H]3CC[C@]12C)N=C(N)N. The van der Waals surface area contributed by atoms with Crippen LogP contribution in [0, 0.1) is 34.5 Å². The van der Waals surface area contributed by atoms with Crippen molar-refractivity contribution in [2.45, 2.75) is 110 Å². The molecule has 4 rings (SSSR count). The Hall–Kier alpha value is -1.05. The summed E-state index contributed by atoms with van der Waals surface area (Å²) in [7, 11) is 0. The average Bonchev–Trinajstić information content (AvgIpc) is 3.03. The molecule has 4 fully saturated rings. The average molecular weight is 465 g/mol. The minimum absolute atomic E-state index is 0.0171. The van der Waals surface area contributed by atoms with Crippen LogP contribution < -0.4 is 11.5 Å². The Bertz CT molecular complexity index is 716. The summed E-state index contributed by atoms with van der Waals surface area (Å²) in [6.07, 6.45) is 12.5. The van der Waals surface area contributed by atoms with Crippen LogP contribution in [-0.4, -0.2) is 46.2 Å². The predicted molar refractivity (Wildman–Crippen MR) is 131 cm³/mol. The van der Waals surface area contributed by atoms with Gasteiger partial charge in [-0.3, -0.25) is 4.84 Å². The Morgan fingerprint density at radius 2 is 1.85 bits per heavy atom. The second-order valence-electron chi connectivity index (χ2n) is 12.1. The lowest BCUT2D eigenvalue weighted by Crippen LogP contribution is -2.62. The van der Waals surface area contributed by atoms with E-state index in [9.17, 15) is 10.2 Å². The number of hydrazone groups is 1. The summed E-state index contributed by atoms with van der Waals surface area (Å²) in [4.78, 5) is 5.68. The van der Waals surface area contributed by atoms with Gasteiger partial charge in [-0.15, -0.1) is 5.10 Å². The molecule has 190 valence electrons. The van der Waals surface area contributed by atoms with Crippen LogP contribution in [0.2, 0.25) is 0 Å². The van der Waals surface area contributed by atoms with Crippen molar-refractivity contribution in [3.05, 3.63) is 0 Å². The molecule has 0 aliphatic heterocycles. The van der Waals surface area contributed by atoms with Gasteiger partial charge in [-0.1, -0.05) is 20.8 Å². The standard InChI is InChI=1S/C26H48N4O3/c1-4-16-33-30(29-23(27)28)15-5-6-18-9-14-26(32)22-8-7-19-17-20(31)10-12-24(19,2)21(22)11-13-25(18,26)3/h18-22,31-32H,4-17H2,1-3H3,(H4,27,28,29)/t18-,19+,20-,21-,22+,24-,25+,26-/m0/s1. The maximum atomic E-state index is 12.3. The van der Waals surface area contributed by atoms with Crippen molar-refractivity contribution >= 4 is 5.96 Å². The van der Waals surface area contributed by atoms with E-state index in [-0.39, 0.29) is 22.9 Å². The first-order chi connectivity index (χ1) is 15.6. The molecule has 0 aromatic rings. The Balaban J connectivity index is 1.42. The molecule has 8 atom stereocenters. The fraction of sp³-hybridized carbons (Fsp3) is 0.962. The van der Waals surface area contributed by atoms with Crippen molar-refractivity contribution in [3.63, 3.8) is 0 Å². The topological polar surface area (TPSA) is 117 Å². The van der Waals surface area contributed by atoms with E-state index in [1.54, 1.807) is 5.17 Å². The number of hydrogen-bond acceptors (Lipinski definition) is 5. The molecule has 0 spiro atoms. The minimum Gasteiger partial charge on any atom is -0.393 e. The van der Waals surface area contributed by atoms with Crippen LogP contribution in [0.3, 0.4) is 0 Å². The highest BCUT2D eigenvalue weighted by Gasteiger charge is 2.66. The van der Waals surface area contributed by atoms with E-state index in [1.807, 2.05) is 0 Å². The Kier molecular flexibility index (Phi) is 7.24. The van der Waals surface area contributed by atoms with Gasteiger partial charge in [0.2, 0.25) is 5.96 Å². The number of aliphatic hydroxyl groups is 2. The molecule has 7 heteroatoms. The van der Waals surface area contributed by atoms with E-state index >= 15 is 0 Å². The highest BCUT2D eigenvalue weighted by atomic mass is 16.7. The fourth-order valence-electron chi connectivity index (χ4n) is 8.72. The molecule has 4 aliphatic rings. The molecule has 0 aromatic carbocycles. The molecule has 0 bridgehead atoms. The second kappa shape index (κ2) is 9.54. The van der Waals surface area contributed by atoms with Gasteiger partial charge >= 0.3 is 0 Å². The van der Waals surface area contributed by atoms with Crippen LogP contribution in [0.1, 0.15) is 97.8 Å². The van der Waals surface area contributed by atoms with Crippen molar-refractivity contribution in [2.24, 2.45) is 51.1 Å². The molecule has 4 saturated carbocycles. The highest BCUT2D eigenvalue weighted by molar-refractivity contribution is 5.75. The summed E-state index contributed by atoms with van der Waals surface area (Å²) in [5.74, 6) is 2.17. The third-order valence-electron chi connectivity index (χ3n) is 10.6. The monoisotopic (exact) mass is 464 g/mol. The molecule has 7 nitrogen and oxygen atoms in total. The van der Waals surface area contributed by atoms with Crippen molar-refractivity contribution in [1.82, 2.24) is 5.17 Å². The Labute approximate surface area is 200 Å². The number of nitrogens with two attached hydrogens (primary N) is 2. The summed E-state index contributed by atoms with van der Waals surface area (Å²) in [6, 6.07) is 0. The summed E-state index contributed by atoms with van der Waals surface area (Å²) >= 11 is 0. The third-order valence-corrected chi connectivity index (χ3v) is 10.6. The molecule has 0 heterocycles. The molecule has 0 unspecified atom stereocenters. The second-order valence-corrected chi connectivity index (χ2v) is 12.1. The van der Waals surface area contributed by atoms with E-state index in [4.69, 9.17) is 16.3 Å². The van der Waals surface area contributed by atoms with Crippen molar-refractivity contribution in [2.75, 3.05) is 13.2 Å². The number of fused-ring (bicyclic) bond motifs is 5. The van der Waals surface area contributed by atoms with Gasteiger partial charge in [0.25, 0.3) is 0 Å². The number of aliphatic hydroxyl groups excluding tert-OH is 1. The van der Waals surface area contributed by atoms with Gasteiger partial charge in [0.05, 0.1) is 24.9 Å². The van der Waals surface area contributed by atoms with Gasteiger partial charge in [0.1, 0.15) is 0 Å². The third kappa shape index (κ3) is 4.38. The highest BCUT2D eigenvalue weighted by Crippen LogP contribution is 2.69. The summed E-state index contributed by atoms with van der Waals surface area (Å²) in [5, 5.41) is 28.2. The van der Waals surface area contributed by atoms with Crippen LogP contribution in [0.25, 0.3) is 0 Å². The van der Waals surface area contributed by atoms with Gasteiger partial charge in [0, 0.05) is 0 Å². The zero-order chi connectivity index (χ0) is 23.9. The first-order valence-corrected chi connectivity index (χ1v) is 13.5. The van der Waals surface area contributed by atoms with Crippen molar-refractivity contribution < 1.29 is 15.1 Å². The number of rotatable bonds is 8. The van der Waals surface area contributed by atoms with E-state index < -0.39 is 5.60 Å².